The highest BCUT2D eigenvalue weighted by atomic mass is 35.5. The Labute approximate surface area is 205 Å². The van der Waals surface area contributed by atoms with Crippen LogP contribution < -0.4 is 5.32 Å². The van der Waals surface area contributed by atoms with Crippen LogP contribution in [0.5, 0.6) is 0 Å². The van der Waals surface area contributed by atoms with E-state index in [0.29, 0.717) is 22.2 Å². The van der Waals surface area contributed by atoms with Crippen molar-refractivity contribution in [2.45, 2.75) is 44.7 Å². The number of nitrogens with zero attached hydrogens (tertiary/aromatic N) is 2. The third-order valence-electron chi connectivity index (χ3n) is 5.19. The molecule has 0 aliphatic rings. The van der Waals surface area contributed by atoms with Crippen LogP contribution in [-0.2, 0) is 26.2 Å². The van der Waals surface area contributed by atoms with E-state index in [2.05, 4.69) is 5.32 Å². The Kier molecular flexibility index (Phi) is 9.72. The summed E-state index contributed by atoms with van der Waals surface area (Å²) in [5.74, 6) is -0.902. The summed E-state index contributed by atoms with van der Waals surface area (Å²) in [6, 6.07) is 10.5. The quantitative estimate of drug-likeness (QED) is 0.522. The zero-order valence-electron chi connectivity index (χ0n) is 19.1. The van der Waals surface area contributed by atoms with Gasteiger partial charge in [0.05, 0.1) is 11.4 Å². The lowest BCUT2D eigenvalue weighted by molar-refractivity contribution is -0.140. The zero-order chi connectivity index (χ0) is 24.8. The summed E-state index contributed by atoms with van der Waals surface area (Å²) in [4.78, 5) is 27.3. The van der Waals surface area contributed by atoms with Gasteiger partial charge in [-0.1, -0.05) is 53.9 Å². The minimum Gasteiger partial charge on any atom is -0.354 e. The summed E-state index contributed by atoms with van der Waals surface area (Å²) in [6.07, 6.45) is 0.736. The van der Waals surface area contributed by atoms with Gasteiger partial charge in [-0.25, -0.2) is 8.42 Å². The summed E-state index contributed by atoms with van der Waals surface area (Å²) < 4.78 is 26.9. The molecule has 1 N–H and O–H groups in total. The van der Waals surface area contributed by atoms with E-state index in [9.17, 15) is 18.0 Å². The number of aryl methyl sites for hydroxylation is 1. The van der Waals surface area contributed by atoms with Gasteiger partial charge in [-0.2, -0.15) is 4.31 Å². The van der Waals surface area contributed by atoms with E-state index < -0.39 is 28.5 Å². The predicted octanol–water partition coefficient (Wildman–Crippen LogP) is 3.87. The second kappa shape index (κ2) is 11.8. The van der Waals surface area contributed by atoms with Crippen molar-refractivity contribution in [2.24, 2.45) is 0 Å². The number of halogens is 2. The van der Waals surface area contributed by atoms with Gasteiger partial charge in [0.2, 0.25) is 21.8 Å². The second-order valence-corrected chi connectivity index (χ2v) is 10.6. The molecule has 0 spiro atoms. The van der Waals surface area contributed by atoms with Gasteiger partial charge >= 0.3 is 0 Å². The van der Waals surface area contributed by atoms with Crippen molar-refractivity contribution in [3.05, 3.63) is 63.6 Å². The molecule has 7 nitrogen and oxygen atoms in total. The maximum absolute atomic E-state index is 13.3. The molecule has 0 aromatic heterocycles. The summed E-state index contributed by atoms with van der Waals surface area (Å²) in [5, 5.41) is 3.46. The normalized spacial score (nSPS) is 12.5. The predicted molar refractivity (Wildman–Crippen MR) is 131 cm³/mol. The van der Waals surface area contributed by atoms with E-state index in [1.54, 1.807) is 37.3 Å². The van der Waals surface area contributed by atoms with Crippen LogP contribution in [0.3, 0.4) is 0 Å². The zero-order valence-corrected chi connectivity index (χ0v) is 21.5. The van der Waals surface area contributed by atoms with Crippen LogP contribution in [-0.4, -0.2) is 55.6 Å². The van der Waals surface area contributed by atoms with Crippen LogP contribution in [0.4, 0.5) is 0 Å². The van der Waals surface area contributed by atoms with Gasteiger partial charge in [-0.15, -0.1) is 0 Å². The maximum Gasteiger partial charge on any atom is 0.243 e. The summed E-state index contributed by atoms with van der Waals surface area (Å²) in [7, 11) is -2.57. The van der Waals surface area contributed by atoms with Crippen LogP contribution in [0.1, 0.15) is 31.4 Å². The number of carbonyl (C=O) groups is 2. The molecule has 180 valence electrons. The van der Waals surface area contributed by atoms with Gasteiger partial charge in [0.15, 0.2) is 0 Å². The average Bonchev–Trinajstić information content (AvgIpc) is 2.77. The average molecular weight is 514 g/mol. The molecule has 1 atom stereocenters. The van der Waals surface area contributed by atoms with Gasteiger partial charge in [0.25, 0.3) is 0 Å². The van der Waals surface area contributed by atoms with Crippen LogP contribution in [0.15, 0.2) is 47.4 Å². The number of nitrogens with one attached hydrogen (secondary N) is 1. The summed E-state index contributed by atoms with van der Waals surface area (Å²) in [6.45, 7) is 5.32. The molecule has 2 aromatic rings. The van der Waals surface area contributed by atoms with Crippen LogP contribution in [0.25, 0.3) is 0 Å². The van der Waals surface area contributed by atoms with Gasteiger partial charge in [-0.05, 0) is 44.5 Å². The number of amides is 2. The fraction of sp³-hybridized carbons (Fsp3) is 0.391. The lowest BCUT2D eigenvalue weighted by atomic mass is 10.1. The maximum atomic E-state index is 13.3. The standard InChI is InChI=1S/C23H29Cl2N3O4S/c1-5-13-26-23(30)17(3)28(14-19-20(24)7-6-8-21(19)25)22(29)15-27(4)33(31,32)18-11-9-16(2)10-12-18/h6-12,17H,5,13-15H2,1-4H3,(H,26,30)/t17-/m0/s1. The topological polar surface area (TPSA) is 86.8 Å². The molecule has 0 saturated carbocycles. The van der Waals surface area contributed by atoms with E-state index in [1.165, 1.54) is 24.1 Å². The SMILES string of the molecule is CCCNC(=O)[C@H](C)N(Cc1c(Cl)cccc1Cl)C(=O)CN(C)S(=O)(=O)c1ccc(C)cc1. The molecule has 0 saturated heterocycles. The summed E-state index contributed by atoms with van der Waals surface area (Å²) in [5.41, 5.74) is 1.40. The van der Waals surface area contributed by atoms with E-state index in [1.807, 2.05) is 13.8 Å². The van der Waals surface area contributed by atoms with Crippen molar-refractivity contribution in [3.8, 4) is 0 Å². The van der Waals surface area contributed by atoms with Gasteiger partial charge in [0.1, 0.15) is 6.04 Å². The number of hydrogen-bond acceptors (Lipinski definition) is 4. The molecule has 10 heteroatoms. The first-order valence-electron chi connectivity index (χ1n) is 10.5. The third-order valence-corrected chi connectivity index (χ3v) is 7.72. The Bertz CT molecular complexity index is 1070. The van der Waals surface area contributed by atoms with Crippen molar-refractivity contribution in [2.75, 3.05) is 20.1 Å². The first kappa shape index (κ1) is 27.1. The molecule has 2 amide bonds. The fourth-order valence-electron chi connectivity index (χ4n) is 3.09. The largest absolute Gasteiger partial charge is 0.354 e. The van der Waals surface area contributed by atoms with Crippen LogP contribution in [0, 0.1) is 6.92 Å². The number of hydrogen-bond donors (Lipinski definition) is 1. The number of sulfonamides is 1. The molecular weight excluding hydrogens is 485 g/mol. The lowest BCUT2D eigenvalue weighted by Crippen LogP contribution is -2.50. The van der Waals surface area contributed by atoms with Crippen LogP contribution in [0.2, 0.25) is 10.0 Å². The van der Waals surface area contributed by atoms with Crippen molar-refractivity contribution >= 4 is 45.0 Å². The minimum atomic E-state index is -3.90. The van der Waals surface area contributed by atoms with Crippen molar-refractivity contribution in [3.63, 3.8) is 0 Å². The molecule has 0 aliphatic heterocycles. The summed E-state index contributed by atoms with van der Waals surface area (Å²) >= 11 is 12.6. The molecule has 0 fully saturated rings. The van der Waals surface area contributed by atoms with Gasteiger partial charge in [-0.3, -0.25) is 9.59 Å². The monoisotopic (exact) mass is 513 g/mol. The number of carbonyl (C=O) groups excluding carboxylic acids is 2. The Morgan fingerprint density at radius 1 is 1.06 bits per heavy atom. The van der Waals surface area contributed by atoms with Gasteiger partial charge in [0, 0.05) is 35.7 Å². The molecule has 2 aromatic carbocycles. The van der Waals surface area contributed by atoms with Crippen molar-refractivity contribution in [1.82, 2.24) is 14.5 Å². The minimum absolute atomic E-state index is 0.0452. The molecular formula is C23H29Cl2N3O4S. The smallest absolute Gasteiger partial charge is 0.243 e. The molecule has 0 heterocycles. The van der Waals surface area contributed by atoms with Gasteiger partial charge < -0.3 is 10.2 Å². The molecule has 0 radical (unpaired) electrons. The fourth-order valence-corrected chi connectivity index (χ4v) is 4.73. The molecule has 0 bridgehead atoms. The Hall–Kier alpha value is -2.13. The van der Waals surface area contributed by atoms with Crippen molar-refractivity contribution < 1.29 is 18.0 Å². The van der Waals surface area contributed by atoms with E-state index in [-0.39, 0.29) is 17.3 Å². The number of likely N-dealkylation sites (N-methyl/N-ethyl adjacent to an activating group) is 1. The first-order chi connectivity index (χ1) is 15.5. The Morgan fingerprint density at radius 2 is 1.64 bits per heavy atom. The lowest BCUT2D eigenvalue weighted by Gasteiger charge is -2.30. The highest BCUT2D eigenvalue weighted by Crippen LogP contribution is 2.27. The molecule has 0 unspecified atom stereocenters. The number of benzene rings is 2. The van der Waals surface area contributed by atoms with E-state index in [4.69, 9.17) is 23.2 Å². The van der Waals surface area contributed by atoms with Crippen molar-refractivity contribution in [1.29, 1.82) is 0 Å². The molecule has 0 aliphatic carbocycles. The highest BCUT2D eigenvalue weighted by Gasteiger charge is 2.31. The van der Waals surface area contributed by atoms with E-state index in [0.717, 1.165) is 16.3 Å². The molecule has 33 heavy (non-hydrogen) atoms. The van der Waals surface area contributed by atoms with E-state index >= 15 is 0 Å². The highest BCUT2D eigenvalue weighted by molar-refractivity contribution is 7.89. The second-order valence-electron chi connectivity index (χ2n) is 7.76. The van der Waals surface area contributed by atoms with Crippen LogP contribution >= 0.6 is 23.2 Å². The third kappa shape index (κ3) is 6.93. The Balaban J connectivity index is 2.32. The molecule has 2 rings (SSSR count). The Morgan fingerprint density at radius 3 is 2.18 bits per heavy atom. The first-order valence-corrected chi connectivity index (χ1v) is 12.7. The number of rotatable bonds is 10.